The van der Waals surface area contributed by atoms with Crippen LogP contribution in [0.1, 0.15) is 37.7 Å². The van der Waals surface area contributed by atoms with Gasteiger partial charge in [0.05, 0.1) is 7.11 Å². The highest BCUT2D eigenvalue weighted by Crippen LogP contribution is 2.58. The van der Waals surface area contributed by atoms with E-state index >= 15 is 0 Å². The second-order valence-electron chi connectivity index (χ2n) is 6.99. The molecule has 0 heterocycles. The Kier molecular flexibility index (Phi) is 4.46. The van der Waals surface area contributed by atoms with Crippen LogP contribution in [0.2, 0.25) is 0 Å². The lowest BCUT2D eigenvalue weighted by Gasteiger charge is -2.32. The molecule has 0 spiro atoms. The molecule has 1 aromatic rings. The van der Waals surface area contributed by atoms with E-state index in [-0.39, 0.29) is 12.4 Å². The summed E-state index contributed by atoms with van der Waals surface area (Å²) in [5.74, 6) is 5.12. The van der Waals surface area contributed by atoms with Gasteiger partial charge in [0.2, 0.25) is 0 Å². The lowest BCUT2D eigenvalue weighted by molar-refractivity contribution is 0.208. The molecule has 3 fully saturated rings. The Hall–Kier alpha value is -0.730. The first-order valence-corrected chi connectivity index (χ1v) is 8.21. The molecule has 2 nitrogen and oxygen atoms in total. The second kappa shape index (κ2) is 6.18. The van der Waals surface area contributed by atoms with E-state index < -0.39 is 0 Å². The Labute approximate surface area is 134 Å². The number of hydrogen-bond donors (Lipinski definition) is 1. The Morgan fingerprint density at radius 2 is 2.00 bits per heavy atom. The molecule has 116 valence electrons. The molecule has 0 aromatic heterocycles. The van der Waals surface area contributed by atoms with Crippen LogP contribution < -0.4 is 10.1 Å². The number of ether oxygens (including phenoxy) is 1. The number of benzene rings is 1. The first kappa shape index (κ1) is 15.2. The molecule has 2 bridgehead atoms. The summed E-state index contributed by atoms with van der Waals surface area (Å²) in [6.45, 7) is 0.989. The fourth-order valence-corrected chi connectivity index (χ4v) is 5.33. The van der Waals surface area contributed by atoms with Gasteiger partial charge in [-0.05, 0) is 67.1 Å². The molecule has 1 N–H and O–H groups in total. The van der Waals surface area contributed by atoms with E-state index in [1.54, 1.807) is 7.11 Å². The summed E-state index contributed by atoms with van der Waals surface area (Å²) >= 11 is 0. The lowest BCUT2D eigenvalue weighted by atomic mass is 9.79. The number of fused-ring (bicyclic) bond motifs is 5. The van der Waals surface area contributed by atoms with E-state index in [0.717, 1.165) is 42.0 Å². The highest BCUT2D eigenvalue weighted by Gasteiger charge is 2.53. The molecule has 5 unspecified atom stereocenters. The van der Waals surface area contributed by atoms with Gasteiger partial charge in [0, 0.05) is 12.6 Å². The van der Waals surface area contributed by atoms with Crippen molar-refractivity contribution in [3.63, 3.8) is 0 Å². The van der Waals surface area contributed by atoms with E-state index in [2.05, 4.69) is 23.5 Å². The SMILES string of the molecule is COc1cccc(CNC2CC3CC2C2CCCC32)c1.Cl. The van der Waals surface area contributed by atoms with Crippen LogP contribution in [0.4, 0.5) is 0 Å². The van der Waals surface area contributed by atoms with Crippen LogP contribution in [-0.4, -0.2) is 13.2 Å². The van der Waals surface area contributed by atoms with Gasteiger partial charge in [0.25, 0.3) is 0 Å². The molecule has 5 atom stereocenters. The molecule has 21 heavy (non-hydrogen) atoms. The van der Waals surface area contributed by atoms with E-state index in [0.29, 0.717) is 0 Å². The average Bonchev–Trinajstić information content (AvgIpc) is 3.17. The van der Waals surface area contributed by atoms with Gasteiger partial charge < -0.3 is 10.1 Å². The maximum Gasteiger partial charge on any atom is 0.119 e. The fraction of sp³-hybridized carbons (Fsp3) is 0.667. The molecule has 4 rings (SSSR count). The van der Waals surface area contributed by atoms with Gasteiger partial charge in [0.15, 0.2) is 0 Å². The molecule has 3 heteroatoms. The minimum absolute atomic E-state index is 0. The van der Waals surface area contributed by atoms with Gasteiger partial charge in [-0.3, -0.25) is 0 Å². The highest BCUT2D eigenvalue weighted by molar-refractivity contribution is 5.85. The monoisotopic (exact) mass is 307 g/mol. The fourth-order valence-electron chi connectivity index (χ4n) is 5.33. The third-order valence-electron chi connectivity index (χ3n) is 6.13. The molecule has 0 saturated heterocycles. The van der Waals surface area contributed by atoms with Crippen LogP contribution in [0, 0.1) is 23.7 Å². The average molecular weight is 308 g/mol. The Morgan fingerprint density at radius 1 is 1.14 bits per heavy atom. The standard InChI is InChI=1S/C18H25NO.ClH/c1-20-14-5-2-4-12(8-14)11-19-18-10-13-9-17(18)16-7-3-6-15(13)16;/h2,4-5,8,13,15-19H,3,6-7,9-11H2,1H3;1H. The van der Waals surface area contributed by atoms with Gasteiger partial charge in [-0.25, -0.2) is 0 Å². The molecule has 1 aromatic carbocycles. The van der Waals surface area contributed by atoms with Crippen molar-refractivity contribution in [3.8, 4) is 5.75 Å². The van der Waals surface area contributed by atoms with Crippen molar-refractivity contribution in [2.45, 2.75) is 44.7 Å². The van der Waals surface area contributed by atoms with Crippen LogP contribution in [0.5, 0.6) is 5.75 Å². The van der Waals surface area contributed by atoms with Crippen molar-refractivity contribution in [2.75, 3.05) is 7.11 Å². The number of nitrogens with one attached hydrogen (secondary N) is 1. The summed E-state index contributed by atoms with van der Waals surface area (Å²) < 4.78 is 5.31. The van der Waals surface area contributed by atoms with Gasteiger partial charge >= 0.3 is 0 Å². The Morgan fingerprint density at radius 3 is 2.86 bits per heavy atom. The van der Waals surface area contributed by atoms with Crippen molar-refractivity contribution in [3.05, 3.63) is 29.8 Å². The summed E-state index contributed by atoms with van der Waals surface area (Å²) in [5, 5.41) is 3.84. The van der Waals surface area contributed by atoms with Crippen molar-refractivity contribution >= 4 is 12.4 Å². The molecule has 0 amide bonds. The molecule has 0 radical (unpaired) electrons. The summed E-state index contributed by atoms with van der Waals surface area (Å²) in [4.78, 5) is 0. The largest absolute Gasteiger partial charge is 0.497 e. The molecular weight excluding hydrogens is 282 g/mol. The maximum atomic E-state index is 5.31. The zero-order chi connectivity index (χ0) is 13.5. The first-order chi connectivity index (χ1) is 9.85. The number of hydrogen-bond acceptors (Lipinski definition) is 2. The minimum Gasteiger partial charge on any atom is -0.497 e. The highest BCUT2D eigenvalue weighted by atomic mass is 35.5. The van der Waals surface area contributed by atoms with Crippen LogP contribution in [0.25, 0.3) is 0 Å². The second-order valence-corrected chi connectivity index (χ2v) is 6.99. The number of rotatable bonds is 4. The summed E-state index contributed by atoms with van der Waals surface area (Å²) in [7, 11) is 1.74. The molecule has 3 saturated carbocycles. The quantitative estimate of drug-likeness (QED) is 0.906. The van der Waals surface area contributed by atoms with E-state index in [1.807, 2.05) is 6.07 Å². The minimum atomic E-state index is 0. The summed E-state index contributed by atoms with van der Waals surface area (Å²) in [6, 6.07) is 9.22. The molecular formula is C18H26ClNO. The van der Waals surface area contributed by atoms with Gasteiger partial charge in [-0.15, -0.1) is 12.4 Å². The van der Waals surface area contributed by atoms with Crippen LogP contribution >= 0.6 is 12.4 Å². The van der Waals surface area contributed by atoms with Crippen LogP contribution in [0.15, 0.2) is 24.3 Å². The number of methoxy groups -OCH3 is 1. The Bertz CT molecular complexity index is 492. The van der Waals surface area contributed by atoms with Crippen LogP contribution in [0.3, 0.4) is 0 Å². The van der Waals surface area contributed by atoms with E-state index in [1.165, 1.54) is 37.7 Å². The van der Waals surface area contributed by atoms with E-state index in [9.17, 15) is 0 Å². The predicted molar refractivity (Wildman–Crippen MR) is 87.9 cm³/mol. The van der Waals surface area contributed by atoms with Crippen LogP contribution in [-0.2, 0) is 6.54 Å². The summed E-state index contributed by atoms with van der Waals surface area (Å²) in [6.07, 6.45) is 7.45. The normalized spacial score (nSPS) is 36.3. The zero-order valence-electron chi connectivity index (χ0n) is 12.8. The molecule has 0 aliphatic heterocycles. The van der Waals surface area contributed by atoms with Crippen molar-refractivity contribution in [1.82, 2.24) is 5.32 Å². The van der Waals surface area contributed by atoms with Gasteiger partial charge in [-0.2, -0.15) is 0 Å². The smallest absolute Gasteiger partial charge is 0.119 e. The maximum absolute atomic E-state index is 5.31. The summed E-state index contributed by atoms with van der Waals surface area (Å²) in [5.41, 5.74) is 1.34. The predicted octanol–water partition coefficient (Wildman–Crippen LogP) is 4.03. The zero-order valence-corrected chi connectivity index (χ0v) is 13.6. The lowest BCUT2D eigenvalue weighted by Crippen LogP contribution is -2.38. The molecule has 3 aliphatic rings. The van der Waals surface area contributed by atoms with Crippen molar-refractivity contribution in [2.24, 2.45) is 23.7 Å². The van der Waals surface area contributed by atoms with Crippen molar-refractivity contribution < 1.29 is 4.74 Å². The van der Waals surface area contributed by atoms with Crippen molar-refractivity contribution in [1.29, 1.82) is 0 Å². The van der Waals surface area contributed by atoms with Gasteiger partial charge in [0.1, 0.15) is 5.75 Å². The Balaban J connectivity index is 0.00000132. The molecule has 3 aliphatic carbocycles. The first-order valence-electron chi connectivity index (χ1n) is 8.21. The van der Waals surface area contributed by atoms with E-state index in [4.69, 9.17) is 4.74 Å². The third-order valence-corrected chi connectivity index (χ3v) is 6.13. The van der Waals surface area contributed by atoms with Gasteiger partial charge in [-0.1, -0.05) is 18.6 Å². The third kappa shape index (κ3) is 2.68. The number of halogens is 1. The topological polar surface area (TPSA) is 21.3 Å².